The van der Waals surface area contributed by atoms with Crippen LogP contribution in [0.5, 0.6) is 57.5 Å². The van der Waals surface area contributed by atoms with Gasteiger partial charge in [-0.15, -0.1) is 0 Å². The third kappa shape index (κ3) is 6.12. The molecule has 0 aliphatic rings. The van der Waals surface area contributed by atoms with Gasteiger partial charge in [0.2, 0.25) is 0 Å². The van der Waals surface area contributed by atoms with Crippen LogP contribution in [-0.4, -0.2) is 59.1 Å². The molecule has 0 saturated heterocycles. The highest BCUT2D eigenvalue weighted by Crippen LogP contribution is 2.44. The lowest BCUT2D eigenvalue weighted by atomic mass is 9.93. The van der Waals surface area contributed by atoms with Crippen molar-refractivity contribution in [2.75, 3.05) is 28.4 Å². The van der Waals surface area contributed by atoms with Crippen LogP contribution in [-0.2, 0) is 25.7 Å². The maximum atomic E-state index is 9.91. The Morgan fingerprint density at radius 3 is 1.00 bits per heavy atom. The van der Waals surface area contributed by atoms with E-state index < -0.39 is 34.5 Å². The van der Waals surface area contributed by atoms with Gasteiger partial charge in [0, 0.05) is 23.3 Å². The Bertz CT molecular complexity index is 1430. The van der Waals surface area contributed by atoms with E-state index in [4.69, 9.17) is 18.9 Å². The molecule has 0 fully saturated rings. The smallest absolute Gasteiger partial charge is 0.200 e. The van der Waals surface area contributed by atoms with Crippen molar-refractivity contribution in [3.05, 3.63) is 70.8 Å². The lowest BCUT2D eigenvalue weighted by Gasteiger charge is -2.19. The molecule has 0 radical (unpaired) electrons. The summed E-state index contributed by atoms with van der Waals surface area (Å²) in [5.74, 6) is -0.488. The molecule has 4 aromatic carbocycles. The molecule has 4 aromatic rings. The molecule has 0 aliphatic carbocycles. The number of benzene rings is 4. The van der Waals surface area contributed by atoms with Gasteiger partial charge in [-0.2, -0.15) is 0 Å². The fourth-order valence-electron chi connectivity index (χ4n) is 4.91. The normalized spacial score (nSPS) is 10.9. The van der Waals surface area contributed by atoms with Crippen LogP contribution in [0, 0.1) is 0 Å². The Balaban J connectivity index is 1.74. The fraction of sp³-hybridized carbons (Fsp3) is 0.250. The molecule has 10 heteroatoms. The highest BCUT2D eigenvalue weighted by atomic mass is 16.5. The average Bonchev–Trinajstić information content (AvgIpc) is 2.99. The van der Waals surface area contributed by atoms with Crippen LogP contribution in [0.4, 0.5) is 0 Å². The van der Waals surface area contributed by atoms with E-state index in [2.05, 4.69) is 0 Å². The standard InChI is InChI=1S/C32H34O10/c1-39-27-15-29(41-3)21(13-19(27)7-5-17-9-23(33)31(37)24(34)10-17)22-14-20(28(40-2)16-30(22)42-4)8-6-18-11-25(35)32(38)26(36)12-18/h9-16,33-38H,5-8H2,1-4H3. The summed E-state index contributed by atoms with van der Waals surface area (Å²) in [7, 11) is 6.23. The molecule has 0 amide bonds. The van der Waals surface area contributed by atoms with Gasteiger partial charge < -0.3 is 49.6 Å². The molecular weight excluding hydrogens is 544 g/mol. The second-order valence-electron chi connectivity index (χ2n) is 9.69. The topological polar surface area (TPSA) is 158 Å². The molecule has 0 atom stereocenters. The highest BCUT2D eigenvalue weighted by molar-refractivity contribution is 5.79. The van der Waals surface area contributed by atoms with E-state index >= 15 is 0 Å². The zero-order valence-corrected chi connectivity index (χ0v) is 23.8. The number of aromatic hydroxyl groups is 6. The van der Waals surface area contributed by atoms with E-state index in [1.165, 1.54) is 24.3 Å². The first-order valence-corrected chi connectivity index (χ1v) is 13.1. The summed E-state index contributed by atoms with van der Waals surface area (Å²) in [6.45, 7) is 0. The van der Waals surface area contributed by atoms with Crippen molar-refractivity contribution >= 4 is 0 Å². The zero-order chi connectivity index (χ0) is 30.6. The van der Waals surface area contributed by atoms with Gasteiger partial charge in [0.15, 0.2) is 34.5 Å². The average molecular weight is 579 g/mol. The largest absolute Gasteiger partial charge is 0.504 e. The van der Waals surface area contributed by atoms with E-state index in [1.807, 2.05) is 12.1 Å². The van der Waals surface area contributed by atoms with Crippen LogP contribution in [0.3, 0.4) is 0 Å². The van der Waals surface area contributed by atoms with E-state index in [9.17, 15) is 30.6 Å². The molecule has 0 aliphatic heterocycles. The molecule has 222 valence electrons. The molecule has 10 nitrogen and oxygen atoms in total. The number of phenols is 6. The lowest BCUT2D eigenvalue weighted by molar-refractivity contribution is 0.367. The second-order valence-corrected chi connectivity index (χ2v) is 9.69. The Morgan fingerprint density at radius 2 is 0.714 bits per heavy atom. The quantitative estimate of drug-likeness (QED) is 0.131. The van der Waals surface area contributed by atoms with Crippen molar-refractivity contribution in [1.82, 2.24) is 0 Å². The van der Waals surface area contributed by atoms with E-state index in [0.29, 0.717) is 59.8 Å². The first-order chi connectivity index (χ1) is 20.1. The van der Waals surface area contributed by atoms with E-state index in [0.717, 1.165) is 22.3 Å². The number of hydrogen-bond donors (Lipinski definition) is 6. The summed E-state index contributed by atoms with van der Waals surface area (Å²) in [5.41, 5.74) is 4.36. The van der Waals surface area contributed by atoms with Crippen LogP contribution >= 0.6 is 0 Å². The van der Waals surface area contributed by atoms with Crippen LogP contribution in [0.15, 0.2) is 48.5 Å². The number of phenolic OH excluding ortho intramolecular Hbond substituents is 6. The van der Waals surface area contributed by atoms with Crippen molar-refractivity contribution in [3.8, 4) is 68.6 Å². The SMILES string of the molecule is COc1cc(OC)c(-c2cc(CCc3cc(O)c(O)c(O)c3)c(OC)cc2OC)cc1CCc1cc(O)c(O)c(O)c1. The summed E-state index contributed by atoms with van der Waals surface area (Å²) < 4.78 is 22.7. The van der Waals surface area contributed by atoms with Crippen molar-refractivity contribution in [2.45, 2.75) is 25.7 Å². The number of aryl methyl sites for hydroxylation is 4. The van der Waals surface area contributed by atoms with Gasteiger partial charge in [0.1, 0.15) is 23.0 Å². The molecule has 0 unspecified atom stereocenters. The van der Waals surface area contributed by atoms with Crippen molar-refractivity contribution in [1.29, 1.82) is 0 Å². The molecular formula is C32H34O10. The van der Waals surface area contributed by atoms with E-state index in [-0.39, 0.29) is 0 Å². The predicted molar refractivity (Wildman–Crippen MR) is 156 cm³/mol. The zero-order valence-electron chi connectivity index (χ0n) is 23.8. The summed E-state index contributed by atoms with van der Waals surface area (Å²) in [6, 6.07) is 13.0. The molecule has 4 rings (SSSR count). The lowest BCUT2D eigenvalue weighted by Crippen LogP contribution is -2.02. The maximum absolute atomic E-state index is 9.91. The number of rotatable bonds is 11. The summed E-state index contributed by atoms with van der Waals surface area (Å²) in [6.07, 6.45) is 1.81. The van der Waals surface area contributed by atoms with Crippen LogP contribution < -0.4 is 18.9 Å². The third-order valence-corrected chi connectivity index (χ3v) is 7.12. The second kappa shape index (κ2) is 12.6. The van der Waals surface area contributed by atoms with Crippen LogP contribution in [0.1, 0.15) is 22.3 Å². The number of ether oxygens (including phenoxy) is 4. The van der Waals surface area contributed by atoms with Gasteiger partial charge in [-0.1, -0.05) is 0 Å². The summed E-state index contributed by atoms with van der Waals surface area (Å²) in [5, 5.41) is 59.0. The van der Waals surface area contributed by atoms with Gasteiger partial charge >= 0.3 is 0 Å². The minimum atomic E-state index is -0.565. The third-order valence-electron chi connectivity index (χ3n) is 7.12. The molecule has 0 aromatic heterocycles. The molecule has 0 saturated carbocycles. The minimum absolute atomic E-state index is 0.402. The monoisotopic (exact) mass is 578 g/mol. The van der Waals surface area contributed by atoms with Crippen molar-refractivity contribution in [3.63, 3.8) is 0 Å². The van der Waals surface area contributed by atoms with Crippen LogP contribution in [0.2, 0.25) is 0 Å². The molecule has 0 spiro atoms. The van der Waals surface area contributed by atoms with Crippen molar-refractivity contribution < 1.29 is 49.6 Å². The summed E-state index contributed by atoms with van der Waals surface area (Å²) in [4.78, 5) is 0. The Kier molecular flexibility index (Phi) is 8.95. The number of methoxy groups -OCH3 is 4. The molecule has 42 heavy (non-hydrogen) atoms. The van der Waals surface area contributed by atoms with Crippen molar-refractivity contribution in [2.24, 2.45) is 0 Å². The van der Waals surface area contributed by atoms with Gasteiger partial charge in [0.25, 0.3) is 0 Å². The van der Waals surface area contributed by atoms with E-state index in [1.54, 1.807) is 40.6 Å². The first-order valence-electron chi connectivity index (χ1n) is 13.1. The molecule has 0 bridgehead atoms. The van der Waals surface area contributed by atoms with Gasteiger partial charge in [-0.05, 0) is 84.3 Å². The Labute approximate surface area is 243 Å². The minimum Gasteiger partial charge on any atom is -0.504 e. The fourth-order valence-corrected chi connectivity index (χ4v) is 4.91. The Hall–Kier alpha value is -5.12. The van der Waals surface area contributed by atoms with Gasteiger partial charge in [0.05, 0.1) is 28.4 Å². The predicted octanol–water partition coefficient (Wildman–Crippen LogP) is 5.19. The highest BCUT2D eigenvalue weighted by Gasteiger charge is 2.20. The van der Waals surface area contributed by atoms with Crippen LogP contribution in [0.25, 0.3) is 11.1 Å². The molecule has 0 heterocycles. The van der Waals surface area contributed by atoms with Gasteiger partial charge in [-0.3, -0.25) is 0 Å². The molecule has 6 N–H and O–H groups in total. The maximum Gasteiger partial charge on any atom is 0.200 e. The summed E-state index contributed by atoms with van der Waals surface area (Å²) >= 11 is 0. The first kappa shape index (κ1) is 29.9. The number of hydrogen-bond acceptors (Lipinski definition) is 10. The van der Waals surface area contributed by atoms with Gasteiger partial charge in [-0.25, -0.2) is 0 Å². The Morgan fingerprint density at radius 1 is 0.405 bits per heavy atom.